The van der Waals surface area contributed by atoms with Crippen LogP contribution in [0.25, 0.3) is 0 Å². The number of amides is 2. The van der Waals surface area contributed by atoms with Crippen molar-refractivity contribution in [1.82, 2.24) is 4.90 Å². The van der Waals surface area contributed by atoms with Crippen molar-refractivity contribution in [3.05, 3.63) is 64.7 Å². The maximum Gasteiger partial charge on any atom is 0.303 e. The van der Waals surface area contributed by atoms with E-state index in [1.54, 1.807) is 12.1 Å². The van der Waals surface area contributed by atoms with Gasteiger partial charge >= 0.3 is 17.9 Å². The van der Waals surface area contributed by atoms with Crippen LogP contribution in [-0.2, 0) is 33.3 Å². The molecule has 2 aliphatic heterocycles. The second-order valence-corrected chi connectivity index (χ2v) is 9.35. The van der Waals surface area contributed by atoms with Gasteiger partial charge in [-0.25, -0.2) is 0 Å². The van der Waals surface area contributed by atoms with Crippen LogP contribution in [0.1, 0.15) is 52.6 Å². The summed E-state index contributed by atoms with van der Waals surface area (Å²) < 4.78 is 28.8. The van der Waals surface area contributed by atoms with Gasteiger partial charge in [0.1, 0.15) is 24.5 Å². The molecular weight excluding hydrogens is 510 g/mol. The number of rotatable bonds is 7. The van der Waals surface area contributed by atoms with Gasteiger partial charge in [-0.3, -0.25) is 28.9 Å². The lowest BCUT2D eigenvalue weighted by Crippen LogP contribution is -2.68. The van der Waals surface area contributed by atoms with Crippen molar-refractivity contribution in [3.63, 3.8) is 0 Å². The van der Waals surface area contributed by atoms with Gasteiger partial charge in [0, 0.05) is 20.8 Å². The van der Waals surface area contributed by atoms with E-state index in [1.807, 2.05) is 32.0 Å². The lowest BCUT2D eigenvalue weighted by molar-refractivity contribution is -0.265. The average molecular weight is 540 g/mol. The van der Waals surface area contributed by atoms with Gasteiger partial charge in [-0.05, 0) is 37.1 Å². The summed E-state index contributed by atoms with van der Waals surface area (Å²) in [6.07, 6.45) is -5.33. The zero-order valence-corrected chi connectivity index (χ0v) is 22.2. The molecule has 2 heterocycles. The van der Waals surface area contributed by atoms with Crippen LogP contribution in [0, 0.1) is 13.8 Å². The molecule has 5 atom stereocenters. The highest BCUT2D eigenvalue weighted by molar-refractivity contribution is 6.21. The zero-order chi connectivity index (χ0) is 28.4. The summed E-state index contributed by atoms with van der Waals surface area (Å²) in [6.45, 7) is 6.71. The number of imide groups is 1. The van der Waals surface area contributed by atoms with Crippen molar-refractivity contribution >= 4 is 29.7 Å². The maximum absolute atomic E-state index is 13.6. The van der Waals surface area contributed by atoms with E-state index in [0.29, 0.717) is 5.75 Å². The Morgan fingerprint density at radius 1 is 0.795 bits per heavy atom. The highest BCUT2D eigenvalue weighted by Crippen LogP contribution is 2.37. The van der Waals surface area contributed by atoms with Crippen LogP contribution in [0.3, 0.4) is 0 Å². The topological polar surface area (TPSA) is 135 Å². The number of nitrogens with zero attached hydrogens (tertiary/aromatic N) is 1. The number of para-hydroxylation sites is 1. The molecule has 0 aromatic heterocycles. The van der Waals surface area contributed by atoms with Crippen LogP contribution in [0.4, 0.5) is 0 Å². The third-order valence-corrected chi connectivity index (χ3v) is 6.44. The molecule has 2 aromatic carbocycles. The van der Waals surface area contributed by atoms with Gasteiger partial charge in [0.2, 0.25) is 6.29 Å². The second kappa shape index (κ2) is 11.2. The van der Waals surface area contributed by atoms with E-state index in [0.717, 1.165) is 29.9 Å². The third-order valence-electron chi connectivity index (χ3n) is 6.44. The van der Waals surface area contributed by atoms with Crippen molar-refractivity contribution in [3.8, 4) is 5.75 Å². The number of ether oxygens (including phenoxy) is 5. The lowest BCUT2D eigenvalue weighted by atomic mass is 9.94. The third kappa shape index (κ3) is 5.63. The molecule has 1 fully saturated rings. The van der Waals surface area contributed by atoms with Crippen molar-refractivity contribution < 1.29 is 47.7 Å². The van der Waals surface area contributed by atoms with E-state index in [2.05, 4.69) is 0 Å². The van der Waals surface area contributed by atoms with E-state index in [9.17, 15) is 24.0 Å². The average Bonchev–Trinajstić information content (AvgIpc) is 3.11. The standard InChI is InChI=1S/C28H29NO10/c1-14-9-8-10-15(2)23(14)39-28-22(29-26(33)19-11-6-7-12-20(19)27(29)34)25(37-18(5)32)24(36-17(4)31)21(38-28)13-35-16(3)30/h6-12,21-22,24-25,28H,13H2,1-5H3/t21-,22-,24-,25-,28+/m1/s1. The molecule has 0 aliphatic carbocycles. The first-order chi connectivity index (χ1) is 18.5. The van der Waals surface area contributed by atoms with Crippen LogP contribution in [0.15, 0.2) is 42.5 Å². The molecule has 0 radical (unpaired) electrons. The highest BCUT2D eigenvalue weighted by atomic mass is 16.7. The Morgan fingerprint density at radius 2 is 1.33 bits per heavy atom. The molecule has 0 bridgehead atoms. The van der Waals surface area contributed by atoms with Gasteiger partial charge in [0.25, 0.3) is 11.8 Å². The molecule has 0 N–H and O–H groups in total. The molecule has 0 unspecified atom stereocenters. The van der Waals surface area contributed by atoms with Gasteiger partial charge in [-0.15, -0.1) is 0 Å². The summed E-state index contributed by atoms with van der Waals surface area (Å²) in [5.74, 6) is -3.03. The maximum atomic E-state index is 13.6. The van der Waals surface area contributed by atoms with Gasteiger partial charge < -0.3 is 23.7 Å². The smallest absolute Gasteiger partial charge is 0.303 e. The summed E-state index contributed by atoms with van der Waals surface area (Å²) in [6, 6.07) is 10.3. The van der Waals surface area contributed by atoms with Gasteiger partial charge in [0.15, 0.2) is 12.2 Å². The fraction of sp³-hybridized carbons (Fsp3) is 0.393. The Hall–Kier alpha value is -4.25. The molecule has 0 saturated carbocycles. The minimum Gasteiger partial charge on any atom is -0.463 e. The van der Waals surface area contributed by atoms with E-state index in [-0.39, 0.29) is 17.7 Å². The van der Waals surface area contributed by atoms with E-state index in [4.69, 9.17) is 23.7 Å². The van der Waals surface area contributed by atoms with Crippen molar-refractivity contribution in [2.24, 2.45) is 0 Å². The molecule has 11 nitrogen and oxygen atoms in total. The number of benzene rings is 2. The number of fused-ring (bicyclic) bond motifs is 1. The Balaban J connectivity index is 1.86. The fourth-order valence-corrected chi connectivity index (χ4v) is 4.83. The minimum absolute atomic E-state index is 0.154. The summed E-state index contributed by atoms with van der Waals surface area (Å²) in [4.78, 5) is 64.1. The summed E-state index contributed by atoms with van der Waals surface area (Å²) >= 11 is 0. The van der Waals surface area contributed by atoms with Crippen molar-refractivity contribution in [2.45, 2.75) is 65.3 Å². The molecule has 2 aliphatic rings. The first-order valence-electron chi connectivity index (χ1n) is 12.3. The van der Waals surface area contributed by atoms with Crippen LogP contribution in [0.2, 0.25) is 0 Å². The second-order valence-electron chi connectivity index (χ2n) is 9.35. The molecule has 4 rings (SSSR count). The van der Waals surface area contributed by atoms with Gasteiger partial charge in [0.05, 0.1) is 11.1 Å². The van der Waals surface area contributed by atoms with Crippen molar-refractivity contribution in [2.75, 3.05) is 6.61 Å². The fourth-order valence-electron chi connectivity index (χ4n) is 4.83. The first-order valence-corrected chi connectivity index (χ1v) is 12.3. The molecule has 39 heavy (non-hydrogen) atoms. The molecule has 2 aromatic rings. The number of aryl methyl sites for hydroxylation is 2. The van der Waals surface area contributed by atoms with Crippen LogP contribution >= 0.6 is 0 Å². The Kier molecular flexibility index (Phi) is 8.01. The van der Waals surface area contributed by atoms with Gasteiger partial charge in [-0.1, -0.05) is 30.3 Å². The van der Waals surface area contributed by atoms with Crippen LogP contribution < -0.4 is 4.74 Å². The molecule has 0 spiro atoms. The predicted molar refractivity (Wildman–Crippen MR) is 134 cm³/mol. The molecule has 1 saturated heterocycles. The molecule has 2 amide bonds. The Morgan fingerprint density at radius 3 is 1.85 bits per heavy atom. The number of hydrogen-bond acceptors (Lipinski definition) is 10. The largest absolute Gasteiger partial charge is 0.463 e. The Bertz CT molecular complexity index is 1270. The normalized spacial score (nSPS) is 24.1. The quantitative estimate of drug-likeness (QED) is 0.293. The molecule has 11 heteroatoms. The monoisotopic (exact) mass is 539 g/mol. The lowest BCUT2D eigenvalue weighted by Gasteiger charge is -2.47. The zero-order valence-electron chi connectivity index (χ0n) is 22.2. The predicted octanol–water partition coefficient (Wildman–Crippen LogP) is 2.50. The number of hydrogen-bond donors (Lipinski definition) is 0. The Labute approximate surface area is 224 Å². The van der Waals surface area contributed by atoms with Crippen LogP contribution in [-0.4, -0.2) is 71.9 Å². The molecule has 206 valence electrons. The van der Waals surface area contributed by atoms with E-state index < -0.39 is 60.4 Å². The van der Waals surface area contributed by atoms with Gasteiger partial charge in [-0.2, -0.15) is 0 Å². The summed E-state index contributed by atoms with van der Waals surface area (Å²) in [5, 5.41) is 0. The number of carbonyl (C=O) groups excluding carboxylic acids is 5. The first kappa shape index (κ1) is 27.8. The highest BCUT2D eigenvalue weighted by Gasteiger charge is 2.58. The molecular formula is C28H29NO10. The van der Waals surface area contributed by atoms with E-state index in [1.165, 1.54) is 19.1 Å². The number of carbonyl (C=O) groups is 5. The number of esters is 3. The van der Waals surface area contributed by atoms with Crippen molar-refractivity contribution in [1.29, 1.82) is 0 Å². The van der Waals surface area contributed by atoms with Crippen LogP contribution in [0.5, 0.6) is 5.75 Å². The summed E-state index contributed by atoms with van der Waals surface area (Å²) in [5.41, 5.74) is 1.78. The SMILES string of the molecule is CC(=O)OC[C@H]1O[C@@H](Oc2c(C)cccc2C)[C@H](N2C(=O)c3ccccc3C2=O)[C@@H](OC(C)=O)[C@@H]1OC(C)=O. The minimum atomic E-state index is -1.42. The van der Waals surface area contributed by atoms with E-state index >= 15 is 0 Å². The summed E-state index contributed by atoms with van der Waals surface area (Å²) in [7, 11) is 0.